The minimum atomic E-state index is -0.858. The van der Waals surface area contributed by atoms with Crippen LogP contribution < -0.4 is 11.2 Å². The minimum Gasteiger partial charge on any atom is -0.493 e. The molecule has 0 saturated heterocycles. The fourth-order valence-electron chi connectivity index (χ4n) is 3.80. The van der Waals surface area contributed by atoms with Gasteiger partial charge in [0.15, 0.2) is 0 Å². The number of aryl methyl sites for hydroxylation is 2. The summed E-state index contributed by atoms with van der Waals surface area (Å²) >= 11 is 6.03. The molecule has 9 nitrogen and oxygen atoms in total. The number of rotatable bonds is 4. The van der Waals surface area contributed by atoms with E-state index in [4.69, 9.17) is 16.3 Å². The maximum atomic E-state index is 13.3. The van der Waals surface area contributed by atoms with E-state index in [2.05, 4.69) is 4.98 Å². The Kier molecular flexibility index (Phi) is 5.06. The lowest BCUT2D eigenvalue weighted by atomic mass is 9.89. The Morgan fingerprint density at radius 3 is 2.58 bits per heavy atom. The number of carbonyl (C=O) groups excluding carboxylic acids is 1. The van der Waals surface area contributed by atoms with Crippen LogP contribution in [0.15, 0.2) is 46.1 Å². The Balaban J connectivity index is 2.00. The number of methoxy groups -OCH3 is 1. The molecule has 4 rings (SSSR count). The molecule has 0 unspecified atom stereocenters. The smallest absolute Gasteiger partial charge is 0.328 e. The van der Waals surface area contributed by atoms with Crippen molar-refractivity contribution in [3.05, 3.63) is 73.5 Å². The monoisotopic (exact) mass is 442 g/mol. The number of hydrogen-bond acceptors (Lipinski definition) is 6. The Morgan fingerprint density at radius 2 is 1.87 bits per heavy atom. The Morgan fingerprint density at radius 1 is 1.16 bits per heavy atom. The lowest BCUT2D eigenvalue weighted by Gasteiger charge is -2.18. The van der Waals surface area contributed by atoms with Gasteiger partial charge in [0.1, 0.15) is 5.65 Å². The highest BCUT2D eigenvalue weighted by atomic mass is 35.5. The van der Waals surface area contributed by atoms with Gasteiger partial charge in [-0.2, -0.15) is 4.98 Å². The average Bonchev–Trinajstić information content (AvgIpc) is 2.97. The van der Waals surface area contributed by atoms with Crippen LogP contribution in [0.2, 0.25) is 5.02 Å². The molecule has 1 atom stereocenters. The third-order valence-corrected chi connectivity index (χ3v) is 5.67. The molecule has 0 fully saturated rings. The number of ether oxygens (including phenoxy) is 1. The molecule has 0 aliphatic carbocycles. The lowest BCUT2D eigenvalue weighted by molar-refractivity contribution is -0.140. The summed E-state index contributed by atoms with van der Waals surface area (Å²) in [6, 6.07) is 8.22. The molecule has 1 aromatic carbocycles. The molecule has 0 spiro atoms. The SMILES string of the molecule is COC(=O)C[C@H](c1ccc2c(c1)n(C)c(=O)n2C)c1c(O)nc2ccc(Cl)cn2c1=O. The highest BCUT2D eigenvalue weighted by Crippen LogP contribution is 2.33. The van der Waals surface area contributed by atoms with E-state index < -0.39 is 23.3 Å². The molecule has 1 N–H and O–H groups in total. The summed E-state index contributed by atoms with van der Waals surface area (Å²) in [4.78, 5) is 41.8. The number of aromatic hydroxyl groups is 1. The standard InChI is InChI=1S/C21H19ClN4O5/c1-24-14-6-4-11(8-15(14)25(2)21(24)30)13(9-17(27)31-3)18-19(28)23-16-7-5-12(22)10-26(16)20(18)29/h4-8,10,13,28H,9H2,1-3H3/t13-/m1/s1. The maximum Gasteiger partial charge on any atom is 0.328 e. The molecule has 10 heteroatoms. The summed E-state index contributed by atoms with van der Waals surface area (Å²) in [5, 5.41) is 10.9. The van der Waals surface area contributed by atoms with E-state index in [1.54, 1.807) is 38.4 Å². The van der Waals surface area contributed by atoms with E-state index in [0.717, 1.165) is 0 Å². The van der Waals surface area contributed by atoms with Crippen LogP contribution in [0, 0.1) is 0 Å². The van der Waals surface area contributed by atoms with Gasteiger partial charge in [-0.25, -0.2) is 4.79 Å². The fourth-order valence-corrected chi connectivity index (χ4v) is 3.96. The first-order chi connectivity index (χ1) is 14.7. The van der Waals surface area contributed by atoms with E-state index in [1.807, 2.05) is 0 Å². The van der Waals surface area contributed by atoms with Gasteiger partial charge in [-0.3, -0.25) is 23.1 Å². The van der Waals surface area contributed by atoms with Gasteiger partial charge in [-0.1, -0.05) is 17.7 Å². The second-order valence-electron chi connectivity index (χ2n) is 7.21. The maximum absolute atomic E-state index is 13.3. The third kappa shape index (κ3) is 3.36. The molecular formula is C21H19ClN4O5. The zero-order valence-corrected chi connectivity index (χ0v) is 17.8. The molecular weight excluding hydrogens is 424 g/mol. The molecule has 0 aliphatic rings. The second kappa shape index (κ2) is 7.59. The van der Waals surface area contributed by atoms with Crippen molar-refractivity contribution in [2.75, 3.05) is 7.11 Å². The number of esters is 1. The summed E-state index contributed by atoms with van der Waals surface area (Å²) in [7, 11) is 4.54. The number of fused-ring (bicyclic) bond motifs is 2. The highest BCUT2D eigenvalue weighted by Gasteiger charge is 2.27. The average molecular weight is 443 g/mol. The Hall–Kier alpha value is -3.59. The van der Waals surface area contributed by atoms with Gasteiger partial charge in [-0.05, 0) is 29.8 Å². The van der Waals surface area contributed by atoms with E-state index >= 15 is 0 Å². The summed E-state index contributed by atoms with van der Waals surface area (Å²) < 4.78 is 9.01. The summed E-state index contributed by atoms with van der Waals surface area (Å²) in [6.07, 6.45) is 1.19. The van der Waals surface area contributed by atoms with Crippen LogP contribution in [0.1, 0.15) is 23.5 Å². The van der Waals surface area contributed by atoms with Crippen LogP contribution >= 0.6 is 11.6 Å². The van der Waals surface area contributed by atoms with Crippen molar-refractivity contribution in [3.63, 3.8) is 0 Å². The minimum absolute atomic E-state index is 0.0644. The number of imidazole rings is 1. The molecule has 0 bridgehead atoms. The number of halogens is 1. The van der Waals surface area contributed by atoms with Crippen LogP contribution in [-0.2, 0) is 23.6 Å². The molecule has 3 aromatic heterocycles. The number of carbonyl (C=O) groups is 1. The van der Waals surface area contributed by atoms with Gasteiger partial charge in [0.25, 0.3) is 5.56 Å². The topological polar surface area (TPSA) is 108 Å². The van der Waals surface area contributed by atoms with Crippen LogP contribution in [-0.4, -0.2) is 36.7 Å². The normalized spacial score (nSPS) is 12.4. The molecule has 4 aromatic rings. The number of benzene rings is 1. The molecule has 0 amide bonds. The van der Waals surface area contributed by atoms with Gasteiger partial charge >= 0.3 is 11.7 Å². The molecule has 160 valence electrons. The largest absolute Gasteiger partial charge is 0.493 e. The van der Waals surface area contributed by atoms with E-state index in [1.165, 1.54) is 32.9 Å². The number of aromatic nitrogens is 4. The predicted molar refractivity (Wildman–Crippen MR) is 115 cm³/mol. The first-order valence-corrected chi connectivity index (χ1v) is 9.73. The van der Waals surface area contributed by atoms with Crippen molar-refractivity contribution in [2.45, 2.75) is 12.3 Å². The molecule has 0 saturated carbocycles. The van der Waals surface area contributed by atoms with E-state index in [0.29, 0.717) is 21.6 Å². The van der Waals surface area contributed by atoms with Crippen LogP contribution in [0.25, 0.3) is 16.7 Å². The summed E-state index contributed by atoms with van der Waals surface area (Å²) in [6.45, 7) is 0. The number of pyridine rings is 1. The molecule has 0 aliphatic heterocycles. The second-order valence-corrected chi connectivity index (χ2v) is 7.65. The van der Waals surface area contributed by atoms with E-state index in [-0.39, 0.29) is 23.3 Å². The summed E-state index contributed by atoms with van der Waals surface area (Å²) in [5.74, 6) is -1.91. The van der Waals surface area contributed by atoms with Crippen molar-refractivity contribution in [2.24, 2.45) is 14.1 Å². The first-order valence-electron chi connectivity index (χ1n) is 9.36. The lowest BCUT2D eigenvalue weighted by Crippen LogP contribution is -2.24. The van der Waals surface area contributed by atoms with Crippen LogP contribution in [0.4, 0.5) is 0 Å². The van der Waals surface area contributed by atoms with Crippen molar-refractivity contribution in [1.82, 2.24) is 18.5 Å². The third-order valence-electron chi connectivity index (χ3n) is 5.45. The van der Waals surface area contributed by atoms with Crippen molar-refractivity contribution >= 4 is 34.3 Å². The quantitative estimate of drug-likeness (QED) is 0.484. The first kappa shape index (κ1) is 20.7. The fraction of sp³-hybridized carbons (Fsp3) is 0.238. The van der Waals surface area contributed by atoms with Crippen molar-refractivity contribution in [3.8, 4) is 5.88 Å². The number of hydrogen-bond donors (Lipinski definition) is 1. The van der Waals surface area contributed by atoms with Crippen LogP contribution in [0.5, 0.6) is 5.88 Å². The predicted octanol–water partition coefficient (Wildman–Crippen LogP) is 1.94. The van der Waals surface area contributed by atoms with Crippen molar-refractivity contribution < 1.29 is 14.6 Å². The number of nitrogens with zero attached hydrogens (tertiary/aromatic N) is 4. The Labute approximate surface area is 180 Å². The van der Waals surface area contributed by atoms with Crippen molar-refractivity contribution in [1.29, 1.82) is 0 Å². The molecule has 0 radical (unpaired) electrons. The van der Waals surface area contributed by atoms with Gasteiger partial charge in [-0.15, -0.1) is 0 Å². The highest BCUT2D eigenvalue weighted by molar-refractivity contribution is 6.30. The van der Waals surface area contributed by atoms with Gasteiger partial charge < -0.3 is 9.84 Å². The zero-order valence-electron chi connectivity index (χ0n) is 17.0. The zero-order chi connectivity index (χ0) is 22.4. The summed E-state index contributed by atoms with van der Waals surface area (Å²) in [5.41, 5.74) is 1.25. The Bertz CT molecular complexity index is 1470. The molecule has 31 heavy (non-hydrogen) atoms. The van der Waals surface area contributed by atoms with Crippen LogP contribution in [0.3, 0.4) is 0 Å². The molecule has 3 heterocycles. The van der Waals surface area contributed by atoms with Gasteiger partial charge in [0.2, 0.25) is 5.88 Å². The van der Waals surface area contributed by atoms with Gasteiger partial charge in [0, 0.05) is 26.2 Å². The van der Waals surface area contributed by atoms with E-state index in [9.17, 15) is 19.5 Å². The van der Waals surface area contributed by atoms with Gasteiger partial charge in [0.05, 0.1) is 35.2 Å².